The number of hydrogen-bond donors (Lipinski definition) is 1. The molecule has 0 aromatic heterocycles. The van der Waals surface area contributed by atoms with Crippen molar-refractivity contribution >= 4 is 0 Å². The lowest BCUT2D eigenvalue weighted by atomic mass is 10.0. The van der Waals surface area contributed by atoms with Gasteiger partial charge in [0, 0.05) is 12.6 Å². The van der Waals surface area contributed by atoms with Gasteiger partial charge in [-0.3, -0.25) is 4.90 Å². The molecule has 1 aliphatic heterocycles. The van der Waals surface area contributed by atoms with Crippen LogP contribution in [0, 0.1) is 11.6 Å². The summed E-state index contributed by atoms with van der Waals surface area (Å²) in [4.78, 5) is 2.30. The summed E-state index contributed by atoms with van der Waals surface area (Å²) in [5.74, 6) is -1.52. The number of piperidine rings is 1. The lowest BCUT2D eigenvalue weighted by Crippen LogP contribution is -2.42. The summed E-state index contributed by atoms with van der Waals surface area (Å²) in [5, 5.41) is 3.54. The standard InChI is InChI=1S/C15H22F2N2/c1-2-7-18-13-5-8-19(9-6-13)11-12-3-4-14(16)15(17)10-12/h3-4,10,13,18H,2,5-9,11H2,1H3. The van der Waals surface area contributed by atoms with Crippen LogP contribution in [0.4, 0.5) is 8.78 Å². The zero-order valence-corrected chi connectivity index (χ0v) is 11.5. The Bertz CT molecular complexity index is 401. The van der Waals surface area contributed by atoms with Gasteiger partial charge in [0.05, 0.1) is 0 Å². The molecule has 2 rings (SSSR count). The average Bonchev–Trinajstić information content (AvgIpc) is 2.42. The number of hydrogen-bond acceptors (Lipinski definition) is 2. The van der Waals surface area contributed by atoms with Crippen LogP contribution in [-0.2, 0) is 6.54 Å². The molecule has 1 aromatic carbocycles. The number of nitrogens with zero attached hydrogens (tertiary/aromatic N) is 1. The molecule has 1 aromatic rings. The highest BCUT2D eigenvalue weighted by atomic mass is 19.2. The van der Waals surface area contributed by atoms with E-state index in [1.807, 2.05) is 0 Å². The number of rotatable bonds is 5. The van der Waals surface area contributed by atoms with E-state index in [0.29, 0.717) is 12.6 Å². The summed E-state index contributed by atoms with van der Waals surface area (Å²) in [6, 6.07) is 4.79. The summed E-state index contributed by atoms with van der Waals surface area (Å²) in [6.45, 7) is 5.98. The summed E-state index contributed by atoms with van der Waals surface area (Å²) in [6.07, 6.45) is 3.42. The van der Waals surface area contributed by atoms with Crippen LogP contribution < -0.4 is 5.32 Å². The fourth-order valence-electron chi connectivity index (χ4n) is 2.54. The van der Waals surface area contributed by atoms with Crippen molar-refractivity contribution in [2.75, 3.05) is 19.6 Å². The molecule has 0 radical (unpaired) electrons. The van der Waals surface area contributed by atoms with Crippen molar-refractivity contribution in [3.63, 3.8) is 0 Å². The van der Waals surface area contributed by atoms with Crippen LogP contribution in [0.25, 0.3) is 0 Å². The first-order chi connectivity index (χ1) is 9.19. The van der Waals surface area contributed by atoms with E-state index in [4.69, 9.17) is 0 Å². The van der Waals surface area contributed by atoms with Crippen LogP contribution in [0.3, 0.4) is 0 Å². The van der Waals surface area contributed by atoms with E-state index >= 15 is 0 Å². The highest BCUT2D eigenvalue weighted by molar-refractivity contribution is 5.17. The summed E-state index contributed by atoms with van der Waals surface area (Å²) >= 11 is 0. The lowest BCUT2D eigenvalue weighted by molar-refractivity contribution is 0.190. The zero-order chi connectivity index (χ0) is 13.7. The SMILES string of the molecule is CCCNC1CCN(Cc2ccc(F)c(F)c2)CC1. The predicted octanol–water partition coefficient (Wildman–Crippen LogP) is 2.93. The van der Waals surface area contributed by atoms with Crippen LogP contribution in [0.5, 0.6) is 0 Å². The number of benzene rings is 1. The Morgan fingerprint density at radius 2 is 1.95 bits per heavy atom. The Morgan fingerprint density at radius 1 is 1.21 bits per heavy atom. The molecule has 0 aliphatic carbocycles. The highest BCUT2D eigenvalue weighted by Gasteiger charge is 2.18. The molecule has 1 saturated heterocycles. The molecule has 0 unspecified atom stereocenters. The summed E-state index contributed by atoms with van der Waals surface area (Å²) in [5.41, 5.74) is 0.846. The third-order valence-corrected chi connectivity index (χ3v) is 3.66. The van der Waals surface area contributed by atoms with E-state index in [9.17, 15) is 8.78 Å². The van der Waals surface area contributed by atoms with Gasteiger partial charge in [0.1, 0.15) is 0 Å². The normalized spacial score (nSPS) is 17.8. The first kappa shape index (κ1) is 14.4. The first-order valence-corrected chi connectivity index (χ1v) is 7.08. The van der Waals surface area contributed by atoms with Crippen molar-refractivity contribution in [1.82, 2.24) is 10.2 Å². The monoisotopic (exact) mass is 268 g/mol. The van der Waals surface area contributed by atoms with Crippen LogP contribution in [0.1, 0.15) is 31.7 Å². The second-order valence-electron chi connectivity index (χ2n) is 5.25. The fraction of sp³-hybridized carbons (Fsp3) is 0.600. The van der Waals surface area contributed by atoms with Crippen LogP contribution in [0.15, 0.2) is 18.2 Å². The highest BCUT2D eigenvalue weighted by Crippen LogP contribution is 2.15. The molecule has 1 aliphatic rings. The largest absolute Gasteiger partial charge is 0.314 e. The molecule has 106 valence electrons. The van der Waals surface area contributed by atoms with E-state index in [1.54, 1.807) is 6.07 Å². The van der Waals surface area contributed by atoms with Crippen molar-refractivity contribution in [2.45, 2.75) is 38.8 Å². The van der Waals surface area contributed by atoms with E-state index in [-0.39, 0.29) is 0 Å². The van der Waals surface area contributed by atoms with Gasteiger partial charge in [-0.15, -0.1) is 0 Å². The van der Waals surface area contributed by atoms with E-state index in [2.05, 4.69) is 17.1 Å². The molecule has 19 heavy (non-hydrogen) atoms. The minimum atomic E-state index is -0.772. The van der Waals surface area contributed by atoms with Crippen molar-refractivity contribution in [3.8, 4) is 0 Å². The molecule has 1 heterocycles. The molecule has 1 fully saturated rings. The van der Waals surface area contributed by atoms with Gasteiger partial charge in [-0.2, -0.15) is 0 Å². The maximum Gasteiger partial charge on any atom is 0.159 e. The minimum Gasteiger partial charge on any atom is -0.314 e. The molecular formula is C15H22F2N2. The van der Waals surface area contributed by atoms with Gasteiger partial charge in [-0.05, 0) is 56.6 Å². The molecule has 0 saturated carbocycles. The van der Waals surface area contributed by atoms with Gasteiger partial charge in [-0.1, -0.05) is 13.0 Å². The molecular weight excluding hydrogens is 246 g/mol. The van der Waals surface area contributed by atoms with Crippen molar-refractivity contribution in [1.29, 1.82) is 0 Å². The van der Waals surface area contributed by atoms with Crippen LogP contribution >= 0.6 is 0 Å². The molecule has 1 N–H and O–H groups in total. The lowest BCUT2D eigenvalue weighted by Gasteiger charge is -2.32. The number of likely N-dealkylation sites (tertiary alicyclic amines) is 1. The predicted molar refractivity (Wildman–Crippen MR) is 73.0 cm³/mol. The maximum atomic E-state index is 13.1. The molecule has 2 nitrogen and oxygen atoms in total. The molecule has 0 bridgehead atoms. The number of nitrogens with one attached hydrogen (secondary N) is 1. The van der Waals surface area contributed by atoms with Crippen molar-refractivity contribution in [3.05, 3.63) is 35.4 Å². The topological polar surface area (TPSA) is 15.3 Å². The Balaban J connectivity index is 1.80. The smallest absolute Gasteiger partial charge is 0.159 e. The van der Waals surface area contributed by atoms with Gasteiger partial charge in [0.15, 0.2) is 11.6 Å². The Kier molecular flexibility index (Phi) is 5.28. The van der Waals surface area contributed by atoms with Gasteiger partial charge < -0.3 is 5.32 Å². The van der Waals surface area contributed by atoms with Gasteiger partial charge in [0.25, 0.3) is 0 Å². The maximum absolute atomic E-state index is 13.1. The zero-order valence-electron chi connectivity index (χ0n) is 11.5. The van der Waals surface area contributed by atoms with Gasteiger partial charge in [0.2, 0.25) is 0 Å². The number of halogens is 2. The molecule has 0 amide bonds. The van der Waals surface area contributed by atoms with E-state index < -0.39 is 11.6 Å². The molecule has 0 atom stereocenters. The second kappa shape index (κ2) is 6.96. The fourth-order valence-corrected chi connectivity index (χ4v) is 2.54. The molecule has 4 heteroatoms. The first-order valence-electron chi connectivity index (χ1n) is 7.08. The van der Waals surface area contributed by atoms with Crippen molar-refractivity contribution in [2.24, 2.45) is 0 Å². The van der Waals surface area contributed by atoms with Gasteiger partial charge in [-0.25, -0.2) is 8.78 Å². The third kappa shape index (κ3) is 4.25. The van der Waals surface area contributed by atoms with Gasteiger partial charge >= 0.3 is 0 Å². The van der Waals surface area contributed by atoms with Crippen LogP contribution in [-0.4, -0.2) is 30.6 Å². The Hall–Kier alpha value is -1.00. The van der Waals surface area contributed by atoms with Crippen molar-refractivity contribution < 1.29 is 8.78 Å². The third-order valence-electron chi connectivity index (χ3n) is 3.66. The summed E-state index contributed by atoms with van der Waals surface area (Å²) in [7, 11) is 0. The van der Waals surface area contributed by atoms with E-state index in [0.717, 1.165) is 44.5 Å². The Labute approximate surface area is 113 Å². The molecule has 0 spiro atoms. The summed E-state index contributed by atoms with van der Waals surface area (Å²) < 4.78 is 26.0. The van der Waals surface area contributed by atoms with Crippen LogP contribution in [0.2, 0.25) is 0 Å². The Morgan fingerprint density at radius 3 is 2.58 bits per heavy atom. The quantitative estimate of drug-likeness (QED) is 0.883. The van der Waals surface area contributed by atoms with E-state index in [1.165, 1.54) is 12.1 Å². The minimum absolute atomic E-state index is 0.612. The second-order valence-corrected chi connectivity index (χ2v) is 5.25. The average molecular weight is 268 g/mol.